The third kappa shape index (κ3) is 7.91. The smallest absolute Gasteiger partial charge is 0.272 e. The number of carbonyl (C=O) groups is 3. The number of amides is 3. The van der Waals surface area contributed by atoms with E-state index in [0.29, 0.717) is 22.7 Å². The second kappa shape index (κ2) is 12.9. The Morgan fingerprint density at radius 2 is 1.51 bits per heavy atom. The van der Waals surface area contributed by atoms with Gasteiger partial charge in [-0.3, -0.25) is 24.5 Å². The normalized spacial score (nSPS) is 10.9. The van der Waals surface area contributed by atoms with Crippen molar-refractivity contribution in [3.05, 3.63) is 124 Å². The summed E-state index contributed by atoms with van der Waals surface area (Å²) in [4.78, 5) is 48.9. The molecule has 0 spiro atoms. The number of nitrogens with zero attached hydrogens (tertiary/aromatic N) is 1. The Morgan fingerprint density at radius 3 is 2.15 bits per heavy atom. The first-order valence-electron chi connectivity index (χ1n) is 11.6. The molecule has 0 saturated carbocycles. The third-order valence-corrected chi connectivity index (χ3v) is 6.21. The van der Waals surface area contributed by atoms with E-state index in [1.165, 1.54) is 48.4 Å². The molecule has 4 rings (SSSR count). The maximum Gasteiger partial charge on any atom is 0.272 e. The highest BCUT2D eigenvalue weighted by Crippen LogP contribution is 2.22. The molecule has 196 valence electrons. The summed E-state index contributed by atoms with van der Waals surface area (Å²) in [7, 11) is 0. The summed E-state index contributed by atoms with van der Waals surface area (Å²) in [5, 5.41) is 18.8. The van der Waals surface area contributed by atoms with Crippen molar-refractivity contribution in [2.24, 2.45) is 0 Å². The van der Waals surface area contributed by atoms with Crippen LogP contribution in [0.25, 0.3) is 6.08 Å². The van der Waals surface area contributed by atoms with E-state index < -0.39 is 16.7 Å². The Hall–Kier alpha value is -5.16. The van der Waals surface area contributed by atoms with Crippen LogP contribution in [-0.4, -0.2) is 28.4 Å². The van der Waals surface area contributed by atoms with Crippen LogP contribution in [0.2, 0.25) is 0 Å². The summed E-state index contributed by atoms with van der Waals surface area (Å²) in [5.74, 6) is -0.745. The summed E-state index contributed by atoms with van der Waals surface area (Å²) in [5.41, 5.74) is 1.28. The van der Waals surface area contributed by atoms with Crippen LogP contribution >= 0.6 is 11.8 Å². The highest BCUT2D eigenvalue weighted by molar-refractivity contribution is 8.00. The molecule has 3 amide bonds. The van der Waals surface area contributed by atoms with E-state index in [9.17, 15) is 24.5 Å². The van der Waals surface area contributed by atoms with Crippen LogP contribution in [0.4, 0.5) is 17.1 Å². The molecule has 0 aliphatic carbocycles. The Labute approximate surface area is 227 Å². The molecule has 0 radical (unpaired) electrons. The summed E-state index contributed by atoms with van der Waals surface area (Å²) in [6, 6.07) is 24.3. The summed E-state index contributed by atoms with van der Waals surface area (Å²) in [6.07, 6.45) is 2.90. The van der Waals surface area contributed by atoms with E-state index in [1.54, 1.807) is 66.7 Å². The van der Waals surface area contributed by atoms with Gasteiger partial charge >= 0.3 is 0 Å². The van der Waals surface area contributed by atoms with Gasteiger partial charge in [0.2, 0.25) is 5.91 Å². The number of nitrogens with one attached hydrogen (secondary N) is 3. The van der Waals surface area contributed by atoms with Gasteiger partial charge in [-0.05, 0) is 60.7 Å². The highest BCUT2D eigenvalue weighted by atomic mass is 32.2. The van der Waals surface area contributed by atoms with E-state index in [4.69, 9.17) is 4.42 Å². The molecule has 39 heavy (non-hydrogen) atoms. The SMILES string of the molecule is O=C(CSc1ccc(NC(=O)/C(=C/c2ccco2)NC(=O)c2ccccc2)cc1)Nc1ccc([N+](=O)[O-])cc1. The number of furan rings is 1. The van der Waals surface area contributed by atoms with Crippen LogP contribution in [0.5, 0.6) is 0 Å². The highest BCUT2D eigenvalue weighted by Gasteiger charge is 2.16. The van der Waals surface area contributed by atoms with Crippen LogP contribution < -0.4 is 16.0 Å². The van der Waals surface area contributed by atoms with Crippen molar-refractivity contribution in [2.75, 3.05) is 16.4 Å². The molecule has 0 aliphatic rings. The fraction of sp³-hybridized carbons (Fsp3) is 0.0357. The van der Waals surface area contributed by atoms with Crippen LogP contribution in [0.15, 0.2) is 112 Å². The molecule has 11 heteroatoms. The van der Waals surface area contributed by atoms with Crippen LogP contribution in [0.1, 0.15) is 16.1 Å². The minimum absolute atomic E-state index is 0.000157. The van der Waals surface area contributed by atoms with Gasteiger partial charge in [0.05, 0.1) is 16.9 Å². The molecule has 0 saturated heterocycles. The minimum atomic E-state index is -0.543. The van der Waals surface area contributed by atoms with Gasteiger partial charge in [0.1, 0.15) is 11.5 Å². The van der Waals surface area contributed by atoms with Gasteiger partial charge < -0.3 is 20.4 Å². The molecular formula is C28H22N4O6S. The molecule has 0 unspecified atom stereocenters. The second-order valence-corrected chi connectivity index (χ2v) is 9.06. The van der Waals surface area contributed by atoms with Crippen molar-refractivity contribution < 1.29 is 23.7 Å². The van der Waals surface area contributed by atoms with E-state index in [0.717, 1.165) is 4.90 Å². The van der Waals surface area contributed by atoms with Crippen LogP contribution in [-0.2, 0) is 9.59 Å². The van der Waals surface area contributed by atoms with E-state index in [-0.39, 0.29) is 23.0 Å². The average Bonchev–Trinajstić information content (AvgIpc) is 3.46. The zero-order valence-electron chi connectivity index (χ0n) is 20.3. The molecule has 0 aliphatic heterocycles. The number of hydrogen-bond donors (Lipinski definition) is 3. The van der Waals surface area contributed by atoms with E-state index in [2.05, 4.69) is 16.0 Å². The number of non-ortho nitro benzene ring substituents is 1. The minimum Gasteiger partial charge on any atom is -0.465 e. The molecule has 0 atom stereocenters. The fourth-order valence-corrected chi connectivity index (χ4v) is 4.00. The Balaban J connectivity index is 1.34. The molecule has 10 nitrogen and oxygen atoms in total. The van der Waals surface area contributed by atoms with Gasteiger partial charge in [0.25, 0.3) is 17.5 Å². The van der Waals surface area contributed by atoms with Crippen molar-refractivity contribution in [2.45, 2.75) is 4.90 Å². The Kier molecular flexibility index (Phi) is 8.88. The van der Waals surface area contributed by atoms with Crippen molar-refractivity contribution in [1.82, 2.24) is 5.32 Å². The summed E-state index contributed by atoms with van der Waals surface area (Å²) >= 11 is 1.28. The van der Waals surface area contributed by atoms with Gasteiger partial charge in [-0.25, -0.2) is 0 Å². The number of anilines is 2. The largest absolute Gasteiger partial charge is 0.465 e. The van der Waals surface area contributed by atoms with Crippen LogP contribution in [0, 0.1) is 10.1 Å². The summed E-state index contributed by atoms with van der Waals surface area (Å²) < 4.78 is 5.30. The standard InChI is InChI=1S/C28H22N4O6S/c33-26(29-20-8-12-22(13-9-20)32(36)37)18-39-24-14-10-21(11-15-24)30-28(35)25(17-23-7-4-16-38-23)31-27(34)19-5-2-1-3-6-19/h1-17H,18H2,(H,29,33)(H,30,35)(H,31,34)/b25-17-. The lowest BCUT2D eigenvalue weighted by molar-refractivity contribution is -0.384. The van der Waals surface area contributed by atoms with Crippen LogP contribution in [0.3, 0.4) is 0 Å². The fourth-order valence-electron chi connectivity index (χ4n) is 3.30. The zero-order chi connectivity index (χ0) is 27.6. The van der Waals surface area contributed by atoms with Gasteiger partial charge in [-0.2, -0.15) is 0 Å². The maximum atomic E-state index is 13.0. The predicted octanol–water partition coefficient (Wildman–Crippen LogP) is 5.33. The van der Waals surface area contributed by atoms with E-state index >= 15 is 0 Å². The average molecular weight is 543 g/mol. The molecule has 0 fully saturated rings. The van der Waals surface area contributed by atoms with Gasteiger partial charge in [0, 0.05) is 40.0 Å². The molecule has 1 heterocycles. The van der Waals surface area contributed by atoms with E-state index in [1.807, 2.05) is 0 Å². The number of hydrogen-bond acceptors (Lipinski definition) is 7. The monoisotopic (exact) mass is 542 g/mol. The number of nitro groups is 1. The Morgan fingerprint density at radius 1 is 0.846 bits per heavy atom. The van der Waals surface area contributed by atoms with Crippen molar-refractivity contribution in [3.8, 4) is 0 Å². The van der Waals surface area contributed by atoms with Gasteiger partial charge in [0.15, 0.2) is 0 Å². The molecule has 3 N–H and O–H groups in total. The molecular weight excluding hydrogens is 520 g/mol. The number of carbonyl (C=O) groups excluding carboxylic acids is 3. The lowest BCUT2D eigenvalue weighted by atomic mass is 10.2. The van der Waals surface area contributed by atoms with Gasteiger partial charge in [-0.1, -0.05) is 18.2 Å². The topological polar surface area (TPSA) is 144 Å². The maximum absolute atomic E-state index is 13.0. The lowest BCUT2D eigenvalue weighted by Crippen LogP contribution is -2.30. The van der Waals surface area contributed by atoms with Gasteiger partial charge in [-0.15, -0.1) is 11.8 Å². The number of nitro benzene ring substituents is 1. The first-order valence-corrected chi connectivity index (χ1v) is 12.6. The quantitative estimate of drug-likeness (QED) is 0.106. The zero-order valence-corrected chi connectivity index (χ0v) is 21.1. The lowest BCUT2D eigenvalue weighted by Gasteiger charge is -2.11. The molecule has 0 bridgehead atoms. The van der Waals surface area contributed by atoms with Crippen molar-refractivity contribution >= 4 is 52.6 Å². The number of thioether (sulfide) groups is 1. The second-order valence-electron chi connectivity index (χ2n) is 8.01. The molecule has 1 aromatic heterocycles. The summed E-state index contributed by atoms with van der Waals surface area (Å²) in [6.45, 7) is 0. The Bertz CT molecular complexity index is 1490. The first kappa shape index (κ1) is 26.9. The third-order valence-electron chi connectivity index (χ3n) is 5.20. The number of benzene rings is 3. The van der Waals surface area contributed by atoms with Crippen molar-refractivity contribution in [3.63, 3.8) is 0 Å². The molecule has 4 aromatic rings. The predicted molar refractivity (Wildman–Crippen MR) is 148 cm³/mol. The number of rotatable bonds is 10. The van der Waals surface area contributed by atoms with Crippen molar-refractivity contribution in [1.29, 1.82) is 0 Å². The first-order chi connectivity index (χ1) is 18.9. The molecule has 3 aromatic carbocycles.